The summed E-state index contributed by atoms with van der Waals surface area (Å²) in [6, 6.07) is 0. The molecule has 1 unspecified atom stereocenters. The van der Waals surface area contributed by atoms with Crippen LogP contribution in [0.5, 0.6) is 0 Å². The van der Waals surface area contributed by atoms with E-state index in [0.29, 0.717) is 31.4 Å². The maximum Gasteiger partial charge on any atom is 0.451 e. The number of alkyl halides is 3. The lowest BCUT2D eigenvalue weighted by Crippen LogP contribution is -2.38. The van der Waals surface area contributed by atoms with Gasteiger partial charge in [-0.2, -0.15) is 13.2 Å². The number of fused-ring (bicyclic) bond motifs is 1. The number of nitrogens with one attached hydrogen (secondary N) is 1. The minimum Gasteiger partial charge on any atom is -0.316 e. The van der Waals surface area contributed by atoms with Crippen LogP contribution in [0, 0.1) is 5.92 Å². The number of rotatable bonds is 3. The van der Waals surface area contributed by atoms with Crippen molar-refractivity contribution in [3.05, 3.63) is 11.6 Å². The van der Waals surface area contributed by atoms with E-state index in [2.05, 4.69) is 20.4 Å². The molecule has 118 valence electrons. The third kappa shape index (κ3) is 3.37. The molecule has 1 saturated heterocycles. The van der Waals surface area contributed by atoms with Crippen molar-refractivity contribution in [2.24, 2.45) is 5.92 Å². The molecule has 0 bridgehead atoms. The Balaban J connectivity index is 1.56. The summed E-state index contributed by atoms with van der Waals surface area (Å²) in [5.74, 6) is 0.244. The zero-order valence-electron chi connectivity index (χ0n) is 11.9. The van der Waals surface area contributed by atoms with E-state index in [1.807, 2.05) is 0 Å². The molecule has 3 rings (SSSR count). The smallest absolute Gasteiger partial charge is 0.316 e. The molecule has 2 aliphatic rings. The summed E-state index contributed by atoms with van der Waals surface area (Å²) in [6.07, 6.45) is -0.863. The van der Waals surface area contributed by atoms with Crippen LogP contribution in [0.1, 0.15) is 30.9 Å². The Hall–Kier alpha value is -1.15. The second kappa shape index (κ2) is 5.92. The van der Waals surface area contributed by atoms with Gasteiger partial charge in [-0.1, -0.05) is 0 Å². The van der Waals surface area contributed by atoms with E-state index in [-0.39, 0.29) is 0 Å². The van der Waals surface area contributed by atoms with Gasteiger partial charge in [0.15, 0.2) is 0 Å². The normalized spacial score (nSPS) is 24.0. The van der Waals surface area contributed by atoms with Gasteiger partial charge in [-0.3, -0.25) is 4.90 Å². The van der Waals surface area contributed by atoms with Gasteiger partial charge in [-0.05, 0) is 44.8 Å². The van der Waals surface area contributed by atoms with E-state index in [4.69, 9.17) is 0 Å². The monoisotopic (exact) mass is 303 g/mol. The Morgan fingerprint density at radius 3 is 2.81 bits per heavy atom. The number of piperidine rings is 1. The highest BCUT2D eigenvalue weighted by Crippen LogP contribution is 2.29. The highest BCUT2D eigenvalue weighted by Gasteiger charge is 2.39. The minimum absolute atomic E-state index is 0.320. The van der Waals surface area contributed by atoms with Crippen LogP contribution in [0.2, 0.25) is 0 Å². The van der Waals surface area contributed by atoms with Crippen molar-refractivity contribution in [2.45, 2.75) is 38.5 Å². The van der Waals surface area contributed by atoms with Gasteiger partial charge in [-0.15, -0.1) is 10.2 Å². The van der Waals surface area contributed by atoms with Crippen molar-refractivity contribution >= 4 is 0 Å². The van der Waals surface area contributed by atoms with Gasteiger partial charge in [0.1, 0.15) is 5.82 Å². The molecule has 1 atom stereocenters. The maximum absolute atomic E-state index is 12.8. The molecular weight excluding hydrogens is 283 g/mol. The molecule has 1 fully saturated rings. The molecule has 8 heteroatoms. The van der Waals surface area contributed by atoms with E-state index in [1.165, 1.54) is 17.4 Å². The van der Waals surface area contributed by atoms with Crippen LogP contribution in [-0.2, 0) is 19.3 Å². The molecule has 0 aliphatic carbocycles. The Bertz CT molecular complexity index is 479. The average molecular weight is 303 g/mol. The zero-order chi connectivity index (χ0) is 14.9. The quantitative estimate of drug-likeness (QED) is 0.919. The van der Waals surface area contributed by atoms with E-state index in [0.717, 1.165) is 26.1 Å². The van der Waals surface area contributed by atoms with Crippen LogP contribution in [-0.4, -0.2) is 45.8 Å². The van der Waals surface area contributed by atoms with Gasteiger partial charge in [0.25, 0.3) is 0 Å². The molecule has 0 radical (unpaired) electrons. The predicted molar refractivity (Wildman–Crippen MR) is 70.5 cm³/mol. The van der Waals surface area contributed by atoms with Crippen LogP contribution < -0.4 is 5.32 Å². The number of hydrogen-bond acceptors (Lipinski definition) is 4. The standard InChI is InChI=1S/C13H20F3N5/c14-13(15,16)12-19-18-11-9-20(6-7-21(11)12)5-3-10-2-1-4-17-8-10/h10,17H,1-9H2. The van der Waals surface area contributed by atoms with Gasteiger partial charge in [0, 0.05) is 13.1 Å². The van der Waals surface area contributed by atoms with Crippen molar-refractivity contribution in [1.29, 1.82) is 0 Å². The second-order valence-electron chi connectivity index (χ2n) is 5.87. The first-order chi connectivity index (χ1) is 10.0. The molecule has 0 spiro atoms. The lowest BCUT2D eigenvalue weighted by molar-refractivity contribution is -0.148. The number of nitrogens with zero attached hydrogens (tertiary/aromatic N) is 4. The van der Waals surface area contributed by atoms with Crippen LogP contribution in [0.25, 0.3) is 0 Å². The molecule has 1 aromatic rings. The third-order valence-corrected chi connectivity index (χ3v) is 4.34. The molecule has 1 N–H and O–H groups in total. The lowest BCUT2D eigenvalue weighted by Gasteiger charge is -2.30. The van der Waals surface area contributed by atoms with Gasteiger partial charge < -0.3 is 9.88 Å². The Morgan fingerprint density at radius 1 is 1.24 bits per heavy atom. The molecule has 0 saturated carbocycles. The van der Waals surface area contributed by atoms with Crippen LogP contribution in [0.15, 0.2) is 0 Å². The Kier molecular flexibility index (Phi) is 4.17. The number of aromatic nitrogens is 3. The summed E-state index contributed by atoms with van der Waals surface area (Å²) in [5, 5.41) is 10.4. The predicted octanol–water partition coefficient (Wildman–Crippen LogP) is 1.50. The van der Waals surface area contributed by atoms with Gasteiger partial charge in [-0.25, -0.2) is 0 Å². The summed E-state index contributed by atoms with van der Waals surface area (Å²) >= 11 is 0. The van der Waals surface area contributed by atoms with Crippen LogP contribution in [0.4, 0.5) is 13.2 Å². The molecular formula is C13H20F3N5. The fraction of sp³-hybridized carbons (Fsp3) is 0.846. The van der Waals surface area contributed by atoms with Crippen molar-refractivity contribution < 1.29 is 13.2 Å². The average Bonchev–Trinajstić information content (AvgIpc) is 2.89. The summed E-state index contributed by atoms with van der Waals surface area (Å²) < 4.78 is 39.5. The molecule has 5 nitrogen and oxygen atoms in total. The first kappa shape index (κ1) is 14.8. The van der Waals surface area contributed by atoms with E-state index in [9.17, 15) is 13.2 Å². The first-order valence-electron chi connectivity index (χ1n) is 7.46. The highest BCUT2D eigenvalue weighted by atomic mass is 19.4. The summed E-state index contributed by atoms with van der Waals surface area (Å²) in [7, 11) is 0. The Morgan fingerprint density at radius 2 is 2.10 bits per heavy atom. The summed E-state index contributed by atoms with van der Waals surface area (Å²) in [5.41, 5.74) is 0. The maximum atomic E-state index is 12.8. The fourth-order valence-corrected chi connectivity index (χ4v) is 3.14. The second-order valence-corrected chi connectivity index (χ2v) is 5.87. The van der Waals surface area contributed by atoms with Crippen molar-refractivity contribution in [2.75, 3.05) is 26.2 Å². The van der Waals surface area contributed by atoms with Crippen LogP contribution in [0.3, 0.4) is 0 Å². The zero-order valence-corrected chi connectivity index (χ0v) is 11.9. The number of hydrogen-bond donors (Lipinski definition) is 1. The number of halogens is 3. The van der Waals surface area contributed by atoms with Gasteiger partial charge in [0.2, 0.25) is 5.82 Å². The lowest BCUT2D eigenvalue weighted by atomic mass is 9.96. The van der Waals surface area contributed by atoms with E-state index < -0.39 is 12.0 Å². The van der Waals surface area contributed by atoms with Crippen molar-refractivity contribution in [3.63, 3.8) is 0 Å². The molecule has 0 amide bonds. The third-order valence-electron chi connectivity index (χ3n) is 4.34. The fourth-order valence-electron chi connectivity index (χ4n) is 3.14. The molecule has 3 heterocycles. The first-order valence-corrected chi connectivity index (χ1v) is 7.46. The van der Waals surface area contributed by atoms with Crippen molar-refractivity contribution in [1.82, 2.24) is 25.0 Å². The summed E-state index contributed by atoms with van der Waals surface area (Å²) in [6.45, 7) is 4.49. The van der Waals surface area contributed by atoms with Crippen molar-refractivity contribution in [3.8, 4) is 0 Å². The largest absolute Gasteiger partial charge is 0.451 e. The molecule has 2 aliphatic heterocycles. The van der Waals surface area contributed by atoms with E-state index >= 15 is 0 Å². The molecule has 1 aromatic heterocycles. The molecule has 21 heavy (non-hydrogen) atoms. The Labute approximate surface area is 121 Å². The van der Waals surface area contributed by atoms with E-state index in [1.54, 1.807) is 0 Å². The summed E-state index contributed by atoms with van der Waals surface area (Å²) in [4.78, 5) is 2.18. The minimum atomic E-state index is -4.42. The van der Waals surface area contributed by atoms with Gasteiger partial charge >= 0.3 is 6.18 Å². The van der Waals surface area contributed by atoms with Gasteiger partial charge in [0.05, 0.1) is 6.54 Å². The van der Waals surface area contributed by atoms with Crippen LogP contribution >= 0.6 is 0 Å². The molecule has 0 aromatic carbocycles. The topological polar surface area (TPSA) is 46.0 Å². The highest BCUT2D eigenvalue weighted by molar-refractivity contribution is 5.02. The SMILES string of the molecule is FC(F)(F)c1nnc2n1CCN(CCC1CCCNC1)C2.